The highest BCUT2D eigenvalue weighted by Crippen LogP contribution is 2.50. The van der Waals surface area contributed by atoms with E-state index >= 15 is 0 Å². The molecule has 0 fully saturated rings. The summed E-state index contributed by atoms with van der Waals surface area (Å²) in [6.45, 7) is 0. The average molecular weight is 1050 g/mol. The summed E-state index contributed by atoms with van der Waals surface area (Å²) in [5.74, 6) is 0. The number of hydrogen-bond acceptors (Lipinski definition) is 4. The largest absolute Gasteiger partial charge is 0.456 e. The minimum absolute atomic E-state index is 0.834. The number of rotatable bonds is 12. The second-order valence-corrected chi connectivity index (χ2v) is 20.8. The fourth-order valence-corrected chi connectivity index (χ4v) is 12.0. The summed E-state index contributed by atoms with van der Waals surface area (Å²) in [4.78, 5) is 4.67. The molecular weight excluding hydrogens is 997 g/mol. The van der Waals surface area contributed by atoms with E-state index in [1.807, 2.05) is 12.1 Å². The highest BCUT2D eigenvalue weighted by molar-refractivity contribution is 6.20. The third-order valence-corrected chi connectivity index (χ3v) is 15.9. The van der Waals surface area contributed by atoms with E-state index in [0.29, 0.717) is 0 Å². The van der Waals surface area contributed by atoms with Crippen molar-refractivity contribution in [3.05, 3.63) is 315 Å². The Kier molecular flexibility index (Phi) is 12.2. The summed E-state index contributed by atoms with van der Waals surface area (Å²) in [5.41, 5.74) is 23.3. The summed E-state index contributed by atoms with van der Waals surface area (Å²) >= 11 is 0. The van der Waals surface area contributed by atoms with Gasteiger partial charge in [-0.2, -0.15) is 0 Å². The topological polar surface area (TPSA) is 32.8 Å². The second-order valence-electron chi connectivity index (χ2n) is 20.8. The van der Waals surface area contributed by atoms with Crippen molar-refractivity contribution < 1.29 is 8.83 Å². The normalized spacial score (nSPS) is 11.4. The van der Waals surface area contributed by atoms with E-state index in [9.17, 15) is 0 Å². The fraction of sp³-hybridized carbons (Fsp3) is 0. The monoisotopic (exact) mass is 1050 g/mol. The molecule has 0 aliphatic carbocycles. The smallest absolute Gasteiger partial charge is 0.136 e. The molecule has 0 saturated carbocycles. The van der Waals surface area contributed by atoms with Crippen LogP contribution in [0.1, 0.15) is 0 Å². The van der Waals surface area contributed by atoms with E-state index in [-0.39, 0.29) is 0 Å². The Morgan fingerprint density at radius 2 is 0.439 bits per heavy atom. The lowest BCUT2D eigenvalue weighted by atomic mass is 9.85. The molecule has 0 N–H and O–H groups in total. The Morgan fingerprint density at radius 3 is 0.768 bits per heavy atom. The lowest BCUT2D eigenvalue weighted by molar-refractivity contribution is 0.668. The number of benzene rings is 13. The summed E-state index contributed by atoms with van der Waals surface area (Å²) in [5, 5.41) is 4.27. The van der Waals surface area contributed by atoms with Crippen LogP contribution in [0, 0.1) is 0 Å². The molecule has 0 aliphatic heterocycles. The molecule has 15 aromatic rings. The molecule has 0 unspecified atom stereocenters. The molecule has 0 bridgehead atoms. The van der Waals surface area contributed by atoms with Crippen LogP contribution in [0.2, 0.25) is 0 Å². The molecule has 82 heavy (non-hydrogen) atoms. The van der Waals surface area contributed by atoms with Crippen LogP contribution < -0.4 is 9.80 Å². The van der Waals surface area contributed by atoms with Crippen molar-refractivity contribution >= 4 is 78.0 Å². The van der Waals surface area contributed by atoms with E-state index in [2.05, 4.69) is 313 Å². The first-order valence-corrected chi connectivity index (χ1v) is 27.9. The number of hydrogen-bond donors (Lipinski definition) is 0. The standard InChI is InChI=1S/C78H52N2O2/c1-5-17-53(18-6-1)56-29-39-62(40-30-56)79(61-23-11-4-12-24-61)65-45-35-59(36-46-65)75-67(49-51-73-77(75)69-25-13-15-27-71(69)81-73)68-50-52-74-78(70-26-14-16-28-72(70)82-74)76(68)60-37-47-66(48-38-60)80(63-41-31-57(32-42-63)54-19-7-2-8-20-54)64-43-33-58(34-44-64)55-21-9-3-10-22-55/h1-52H. The van der Waals surface area contributed by atoms with Crippen LogP contribution in [0.4, 0.5) is 34.1 Å². The van der Waals surface area contributed by atoms with Gasteiger partial charge in [-0.15, -0.1) is 0 Å². The summed E-state index contributed by atoms with van der Waals surface area (Å²) < 4.78 is 13.4. The number of anilines is 6. The predicted molar refractivity (Wildman–Crippen MR) is 343 cm³/mol. The van der Waals surface area contributed by atoms with Crippen molar-refractivity contribution in [3.8, 4) is 66.8 Å². The van der Waals surface area contributed by atoms with Gasteiger partial charge in [0.05, 0.1) is 0 Å². The maximum absolute atomic E-state index is 6.71. The molecule has 4 heteroatoms. The molecule has 0 radical (unpaired) electrons. The van der Waals surface area contributed by atoms with Crippen molar-refractivity contribution in [1.29, 1.82) is 0 Å². The van der Waals surface area contributed by atoms with Gasteiger partial charge in [0.2, 0.25) is 0 Å². The second kappa shape index (κ2) is 20.7. The van der Waals surface area contributed by atoms with Gasteiger partial charge in [-0.05, 0) is 165 Å². The number of nitrogens with zero attached hydrogens (tertiary/aromatic N) is 2. The van der Waals surface area contributed by atoms with Crippen molar-refractivity contribution in [2.24, 2.45) is 0 Å². The summed E-state index contributed by atoms with van der Waals surface area (Å²) in [6, 6.07) is 113. The van der Waals surface area contributed by atoms with Crippen LogP contribution >= 0.6 is 0 Å². The lowest BCUT2D eigenvalue weighted by Gasteiger charge is -2.26. The molecule has 0 saturated heterocycles. The Bertz CT molecular complexity index is 4640. The molecule has 2 aromatic heterocycles. The molecule has 15 rings (SSSR count). The van der Waals surface area contributed by atoms with Crippen molar-refractivity contribution in [1.82, 2.24) is 0 Å². The molecule has 4 nitrogen and oxygen atoms in total. The first-order chi connectivity index (χ1) is 40.7. The van der Waals surface area contributed by atoms with Gasteiger partial charge in [0, 0.05) is 66.8 Å². The van der Waals surface area contributed by atoms with Crippen LogP contribution in [-0.4, -0.2) is 0 Å². The fourth-order valence-electron chi connectivity index (χ4n) is 12.0. The summed E-state index contributed by atoms with van der Waals surface area (Å²) in [6.07, 6.45) is 0. The van der Waals surface area contributed by atoms with Gasteiger partial charge in [0.1, 0.15) is 22.3 Å². The van der Waals surface area contributed by atoms with E-state index in [4.69, 9.17) is 8.83 Å². The van der Waals surface area contributed by atoms with Crippen LogP contribution in [0.3, 0.4) is 0 Å². The minimum Gasteiger partial charge on any atom is -0.456 e. The zero-order valence-electron chi connectivity index (χ0n) is 44.7. The first kappa shape index (κ1) is 48.2. The van der Waals surface area contributed by atoms with E-state index in [1.165, 1.54) is 33.4 Å². The lowest BCUT2D eigenvalue weighted by Crippen LogP contribution is -2.09. The Labute approximate surface area is 476 Å². The maximum atomic E-state index is 6.71. The molecule has 0 aliphatic rings. The third kappa shape index (κ3) is 8.76. The zero-order valence-corrected chi connectivity index (χ0v) is 44.7. The van der Waals surface area contributed by atoms with Crippen LogP contribution in [0.15, 0.2) is 324 Å². The highest BCUT2D eigenvalue weighted by Gasteiger charge is 2.25. The highest BCUT2D eigenvalue weighted by atomic mass is 16.3. The minimum atomic E-state index is 0.834. The molecule has 0 atom stereocenters. The van der Waals surface area contributed by atoms with Crippen molar-refractivity contribution in [3.63, 3.8) is 0 Å². The van der Waals surface area contributed by atoms with Gasteiger partial charge in [-0.3, -0.25) is 0 Å². The van der Waals surface area contributed by atoms with Gasteiger partial charge >= 0.3 is 0 Å². The molecule has 2 heterocycles. The van der Waals surface area contributed by atoms with Crippen LogP contribution in [0.25, 0.3) is 111 Å². The molecule has 386 valence electrons. The quantitative estimate of drug-likeness (QED) is 0.122. The molecule has 13 aromatic carbocycles. The van der Waals surface area contributed by atoms with Crippen LogP contribution in [0.5, 0.6) is 0 Å². The predicted octanol–water partition coefficient (Wildman–Crippen LogP) is 22.4. The van der Waals surface area contributed by atoms with Gasteiger partial charge in [0.25, 0.3) is 0 Å². The van der Waals surface area contributed by atoms with Gasteiger partial charge in [0.15, 0.2) is 0 Å². The third-order valence-electron chi connectivity index (χ3n) is 15.9. The number of para-hydroxylation sites is 3. The first-order valence-electron chi connectivity index (χ1n) is 27.9. The average Bonchev–Trinajstić information content (AvgIpc) is 3.68. The maximum Gasteiger partial charge on any atom is 0.136 e. The molecule has 0 amide bonds. The van der Waals surface area contributed by atoms with E-state index < -0.39 is 0 Å². The van der Waals surface area contributed by atoms with Crippen molar-refractivity contribution in [2.45, 2.75) is 0 Å². The Balaban J connectivity index is 0.887. The van der Waals surface area contributed by atoms with Crippen LogP contribution in [-0.2, 0) is 0 Å². The number of fused-ring (bicyclic) bond motifs is 6. The SMILES string of the molecule is c1ccc(-c2ccc(N(c3ccccc3)c3ccc(-c4c(-c5ccc6oc7ccccc7c6c5-c5ccc(N(c6ccc(-c7ccccc7)cc6)c6ccc(-c7ccccc7)cc6)cc5)ccc5oc6ccccc6c45)cc3)cc2)cc1. The van der Waals surface area contributed by atoms with Gasteiger partial charge < -0.3 is 18.6 Å². The Hall–Kier alpha value is -10.9. The summed E-state index contributed by atoms with van der Waals surface area (Å²) in [7, 11) is 0. The number of furan rings is 2. The Morgan fingerprint density at radius 1 is 0.183 bits per heavy atom. The van der Waals surface area contributed by atoms with E-state index in [0.717, 1.165) is 111 Å². The molecule has 0 spiro atoms. The van der Waals surface area contributed by atoms with Gasteiger partial charge in [-0.25, -0.2) is 0 Å². The van der Waals surface area contributed by atoms with Crippen molar-refractivity contribution in [2.75, 3.05) is 9.80 Å². The molecular formula is C78H52N2O2. The van der Waals surface area contributed by atoms with E-state index in [1.54, 1.807) is 0 Å². The zero-order chi connectivity index (χ0) is 54.3. The van der Waals surface area contributed by atoms with Gasteiger partial charge in [-0.1, -0.05) is 206 Å².